The number of hydrogen-bond acceptors (Lipinski definition) is 5. The number of rotatable bonds is 5. The standard InChI is InChI=1S/C21H24N2O4/c1-25-18-9-13(10-19(26-2)21(18)27-3)11-20(24)23-14-6-7-17(23)15-5-4-8-22-16(15)12-14/h4-5,8-10,14,17H,6-7,11-12H2,1-3H3/t14-,17-/m1/s1. The van der Waals surface area contributed by atoms with Gasteiger partial charge in [0.1, 0.15) is 0 Å². The molecule has 2 aliphatic rings. The molecule has 0 saturated carbocycles. The summed E-state index contributed by atoms with van der Waals surface area (Å²) in [7, 11) is 4.73. The third kappa shape index (κ3) is 2.99. The van der Waals surface area contributed by atoms with Crippen molar-refractivity contribution in [1.29, 1.82) is 0 Å². The van der Waals surface area contributed by atoms with E-state index in [4.69, 9.17) is 14.2 Å². The van der Waals surface area contributed by atoms with E-state index < -0.39 is 0 Å². The zero-order valence-corrected chi connectivity index (χ0v) is 15.9. The Morgan fingerprint density at radius 1 is 1.15 bits per heavy atom. The zero-order chi connectivity index (χ0) is 19.0. The molecule has 6 heteroatoms. The number of amides is 1. The van der Waals surface area contributed by atoms with Crippen LogP contribution in [0, 0.1) is 0 Å². The summed E-state index contributed by atoms with van der Waals surface area (Å²) in [5.41, 5.74) is 3.19. The smallest absolute Gasteiger partial charge is 0.227 e. The lowest BCUT2D eigenvalue weighted by Crippen LogP contribution is -2.42. The predicted octanol–water partition coefficient (Wildman–Crippen LogP) is 2.94. The number of nitrogens with zero attached hydrogens (tertiary/aromatic N) is 2. The average molecular weight is 368 g/mol. The molecule has 142 valence electrons. The van der Waals surface area contributed by atoms with Gasteiger partial charge in [-0.05, 0) is 42.2 Å². The van der Waals surface area contributed by atoms with Crippen molar-refractivity contribution in [2.24, 2.45) is 0 Å². The molecule has 0 aliphatic carbocycles. The molecule has 2 aliphatic heterocycles. The van der Waals surface area contributed by atoms with Crippen molar-refractivity contribution in [3.05, 3.63) is 47.3 Å². The summed E-state index contributed by atoms with van der Waals surface area (Å²) in [5, 5.41) is 0. The van der Waals surface area contributed by atoms with Crippen LogP contribution < -0.4 is 14.2 Å². The van der Waals surface area contributed by atoms with Gasteiger partial charge in [0.15, 0.2) is 11.5 Å². The first-order chi connectivity index (χ1) is 13.2. The van der Waals surface area contributed by atoms with Crippen molar-refractivity contribution in [3.8, 4) is 17.2 Å². The van der Waals surface area contributed by atoms with Gasteiger partial charge < -0.3 is 19.1 Å². The Hall–Kier alpha value is -2.76. The summed E-state index contributed by atoms with van der Waals surface area (Å²) < 4.78 is 16.2. The summed E-state index contributed by atoms with van der Waals surface area (Å²) in [4.78, 5) is 19.8. The molecule has 4 rings (SSSR count). The van der Waals surface area contributed by atoms with Gasteiger partial charge >= 0.3 is 0 Å². The van der Waals surface area contributed by atoms with Gasteiger partial charge in [0.2, 0.25) is 11.7 Å². The minimum Gasteiger partial charge on any atom is -0.493 e. The van der Waals surface area contributed by atoms with Gasteiger partial charge in [-0.15, -0.1) is 0 Å². The highest BCUT2D eigenvalue weighted by Gasteiger charge is 2.42. The fourth-order valence-electron chi connectivity index (χ4n) is 4.42. The van der Waals surface area contributed by atoms with Gasteiger partial charge in [0.05, 0.1) is 33.8 Å². The van der Waals surface area contributed by atoms with Crippen LogP contribution >= 0.6 is 0 Å². The van der Waals surface area contributed by atoms with Crippen molar-refractivity contribution in [2.75, 3.05) is 21.3 Å². The SMILES string of the molecule is COc1cc(CC(=O)N2[C@@H]3CC[C@@H]2c2cccnc2C3)cc(OC)c1OC. The summed E-state index contributed by atoms with van der Waals surface area (Å²) in [5.74, 6) is 1.80. The summed E-state index contributed by atoms with van der Waals surface area (Å²) in [6, 6.07) is 8.14. The molecule has 27 heavy (non-hydrogen) atoms. The van der Waals surface area contributed by atoms with Gasteiger partial charge in [0.25, 0.3) is 0 Å². The van der Waals surface area contributed by atoms with E-state index in [-0.39, 0.29) is 18.0 Å². The van der Waals surface area contributed by atoms with Gasteiger partial charge in [-0.2, -0.15) is 0 Å². The van der Waals surface area contributed by atoms with E-state index in [1.807, 2.05) is 24.4 Å². The molecule has 0 unspecified atom stereocenters. The van der Waals surface area contributed by atoms with Crippen molar-refractivity contribution in [2.45, 2.75) is 37.8 Å². The lowest BCUT2D eigenvalue weighted by Gasteiger charge is -2.36. The molecule has 3 heterocycles. The Labute approximate surface area is 159 Å². The van der Waals surface area contributed by atoms with Crippen LogP contribution in [0.3, 0.4) is 0 Å². The Balaban J connectivity index is 1.60. The number of ether oxygens (including phenoxy) is 3. The largest absolute Gasteiger partial charge is 0.493 e. The van der Waals surface area contributed by atoms with Gasteiger partial charge in [-0.1, -0.05) is 6.07 Å². The van der Waals surface area contributed by atoms with E-state index in [9.17, 15) is 4.79 Å². The molecule has 1 aromatic heterocycles. The Morgan fingerprint density at radius 2 is 1.89 bits per heavy atom. The quantitative estimate of drug-likeness (QED) is 0.812. The van der Waals surface area contributed by atoms with E-state index in [2.05, 4.69) is 16.0 Å². The zero-order valence-electron chi connectivity index (χ0n) is 15.9. The fourth-order valence-corrected chi connectivity index (χ4v) is 4.42. The molecule has 1 saturated heterocycles. The Morgan fingerprint density at radius 3 is 2.56 bits per heavy atom. The fraction of sp³-hybridized carbons (Fsp3) is 0.429. The first kappa shape index (κ1) is 17.6. The molecule has 2 bridgehead atoms. The lowest BCUT2D eigenvalue weighted by molar-refractivity contribution is -0.134. The molecule has 1 aromatic carbocycles. The molecule has 0 radical (unpaired) electrons. The summed E-state index contributed by atoms with van der Waals surface area (Å²) >= 11 is 0. The van der Waals surface area contributed by atoms with Gasteiger partial charge in [-0.3, -0.25) is 9.78 Å². The number of pyridine rings is 1. The van der Waals surface area contributed by atoms with E-state index >= 15 is 0 Å². The summed E-state index contributed by atoms with van der Waals surface area (Å²) in [6.45, 7) is 0. The normalized spacial score (nSPS) is 20.2. The minimum atomic E-state index is 0.131. The van der Waals surface area contributed by atoms with Crippen LogP contribution in [-0.2, 0) is 17.6 Å². The van der Waals surface area contributed by atoms with E-state index in [0.29, 0.717) is 23.7 Å². The van der Waals surface area contributed by atoms with Crippen LogP contribution in [0.1, 0.15) is 35.7 Å². The third-order valence-corrected chi connectivity index (χ3v) is 5.58. The second-order valence-corrected chi connectivity index (χ2v) is 7.00. The van der Waals surface area contributed by atoms with Crippen LogP contribution in [0.2, 0.25) is 0 Å². The number of carbonyl (C=O) groups is 1. The molecule has 1 amide bonds. The van der Waals surface area contributed by atoms with Crippen LogP contribution in [0.5, 0.6) is 17.2 Å². The first-order valence-electron chi connectivity index (χ1n) is 9.20. The van der Waals surface area contributed by atoms with Crippen LogP contribution in [0.15, 0.2) is 30.5 Å². The molecule has 2 aromatic rings. The molecule has 2 atom stereocenters. The van der Waals surface area contributed by atoms with Crippen LogP contribution in [0.4, 0.5) is 0 Å². The molecular weight excluding hydrogens is 344 g/mol. The number of aromatic nitrogens is 1. The van der Waals surface area contributed by atoms with Crippen LogP contribution in [-0.4, -0.2) is 43.2 Å². The highest BCUT2D eigenvalue weighted by Crippen LogP contribution is 2.44. The maximum absolute atomic E-state index is 13.2. The second kappa shape index (κ2) is 7.10. The maximum atomic E-state index is 13.2. The van der Waals surface area contributed by atoms with Crippen molar-refractivity contribution < 1.29 is 19.0 Å². The average Bonchev–Trinajstić information content (AvgIpc) is 3.02. The Bertz CT molecular complexity index is 842. The van der Waals surface area contributed by atoms with Crippen molar-refractivity contribution in [3.63, 3.8) is 0 Å². The number of benzene rings is 1. The lowest BCUT2D eigenvalue weighted by atomic mass is 9.97. The molecule has 0 spiro atoms. The molecule has 6 nitrogen and oxygen atoms in total. The van der Waals surface area contributed by atoms with E-state index in [1.165, 1.54) is 5.56 Å². The molecule has 0 N–H and O–H groups in total. The maximum Gasteiger partial charge on any atom is 0.227 e. The van der Waals surface area contributed by atoms with Gasteiger partial charge in [0, 0.05) is 24.4 Å². The van der Waals surface area contributed by atoms with E-state index in [1.54, 1.807) is 21.3 Å². The van der Waals surface area contributed by atoms with Gasteiger partial charge in [-0.25, -0.2) is 0 Å². The predicted molar refractivity (Wildman–Crippen MR) is 100 cm³/mol. The molecular formula is C21H24N2O4. The number of hydrogen-bond donors (Lipinski definition) is 0. The van der Waals surface area contributed by atoms with Crippen molar-refractivity contribution in [1.82, 2.24) is 9.88 Å². The second-order valence-electron chi connectivity index (χ2n) is 7.00. The minimum absolute atomic E-state index is 0.131. The van der Waals surface area contributed by atoms with Crippen molar-refractivity contribution >= 4 is 5.91 Å². The summed E-state index contributed by atoms with van der Waals surface area (Å²) in [6.07, 6.45) is 5.02. The highest BCUT2D eigenvalue weighted by molar-refractivity contribution is 5.81. The topological polar surface area (TPSA) is 60.9 Å². The first-order valence-corrected chi connectivity index (χ1v) is 9.20. The number of methoxy groups -OCH3 is 3. The number of carbonyl (C=O) groups excluding carboxylic acids is 1. The monoisotopic (exact) mass is 368 g/mol. The molecule has 1 fully saturated rings. The number of fused-ring (bicyclic) bond motifs is 4. The van der Waals surface area contributed by atoms with E-state index in [0.717, 1.165) is 30.5 Å². The van der Waals surface area contributed by atoms with Crippen LogP contribution in [0.25, 0.3) is 0 Å². The highest BCUT2D eigenvalue weighted by atomic mass is 16.5. The Kier molecular flexibility index (Phi) is 4.64. The third-order valence-electron chi connectivity index (χ3n) is 5.58.